The maximum atomic E-state index is 14.4. The van der Waals surface area contributed by atoms with Gasteiger partial charge in [0.25, 0.3) is 0 Å². The molecule has 1 unspecified atom stereocenters. The number of hydrogen-bond donors (Lipinski definition) is 0. The first-order chi connectivity index (χ1) is 11.3. The molecule has 3 heteroatoms. The molecule has 23 heavy (non-hydrogen) atoms. The molecule has 0 N–H and O–H groups in total. The van der Waals surface area contributed by atoms with Gasteiger partial charge in [-0.3, -0.25) is 0 Å². The Morgan fingerprint density at radius 1 is 0.696 bits per heavy atom. The Morgan fingerprint density at radius 3 is 1.48 bits per heavy atom. The second-order valence-electron chi connectivity index (χ2n) is 5.33. The van der Waals surface area contributed by atoms with Crippen LogP contribution in [0.15, 0.2) is 91.0 Å². The molecule has 1 nitrogen and oxygen atoms in total. The Balaban J connectivity index is 2.22. The van der Waals surface area contributed by atoms with Crippen LogP contribution in [0.4, 0.5) is 0 Å². The van der Waals surface area contributed by atoms with E-state index in [1.807, 2.05) is 78.9 Å². The standard InChI is InChI=1S/C20H19OPSe/c1-23-20(17-11-5-2-6-12-17)22(21,18-13-7-3-8-14-18)19-15-9-4-10-16-19/h2-16,20H,1H3. The van der Waals surface area contributed by atoms with Gasteiger partial charge in [-0.05, 0) is 0 Å². The third-order valence-corrected chi connectivity index (χ3v) is 11.5. The summed E-state index contributed by atoms with van der Waals surface area (Å²) in [7, 11) is -2.73. The Morgan fingerprint density at radius 2 is 1.09 bits per heavy atom. The van der Waals surface area contributed by atoms with Crippen LogP contribution >= 0.6 is 7.14 Å². The van der Waals surface area contributed by atoms with E-state index < -0.39 is 7.14 Å². The van der Waals surface area contributed by atoms with Gasteiger partial charge in [0.2, 0.25) is 0 Å². The summed E-state index contributed by atoms with van der Waals surface area (Å²) >= 11 is 0.225. The summed E-state index contributed by atoms with van der Waals surface area (Å²) in [5.74, 6) is 2.18. The molecule has 0 saturated heterocycles. The molecule has 3 rings (SSSR count). The average Bonchev–Trinajstić information content (AvgIpc) is 2.64. The Kier molecular flexibility index (Phi) is 5.18. The number of benzene rings is 3. The van der Waals surface area contributed by atoms with Crippen LogP contribution in [0.1, 0.15) is 10.1 Å². The predicted octanol–water partition coefficient (Wildman–Crippen LogP) is 4.45. The molecule has 1 atom stereocenters. The minimum absolute atomic E-state index is 0.0565. The van der Waals surface area contributed by atoms with Gasteiger partial charge in [-0.2, -0.15) is 0 Å². The topological polar surface area (TPSA) is 17.1 Å². The van der Waals surface area contributed by atoms with Crippen LogP contribution < -0.4 is 10.6 Å². The number of rotatable bonds is 5. The average molecular weight is 385 g/mol. The molecule has 0 heterocycles. The van der Waals surface area contributed by atoms with Crippen LogP contribution in [0.3, 0.4) is 0 Å². The maximum absolute atomic E-state index is 14.4. The molecule has 116 valence electrons. The second-order valence-corrected chi connectivity index (χ2v) is 11.0. The van der Waals surface area contributed by atoms with E-state index in [0.29, 0.717) is 0 Å². The van der Waals surface area contributed by atoms with Crippen LogP contribution in [0.25, 0.3) is 0 Å². The van der Waals surface area contributed by atoms with Crippen molar-refractivity contribution in [2.24, 2.45) is 0 Å². The Bertz CT molecular complexity index is 744. The summed E-state index contributed by atoms with van der Waals surface area (Å²) < 4.78 is 14.4. The predicted molar refractivity (Wildman–Crippen MR) is 101 cm³/mol. The van der Waals surface area contributed by atoms with Gasteiger partial charge >= 0.3 is 144 Å². The molecule has 0 spiro atoms. The normalized spacial score (nSPS) is 12.7. The summed E-state index contributed by atoms with van der Waals surface area (Å²) in [5, 5.41) is 1.90. The first-order valence-electron chi connectivity index (χ1n) is 7.55. The summed E-state index contributed by atoms with van der Waals surface area (Å²) in [5.41, 5.74) is 1.17. The molecule has 0 aliphatic heterocycles. The van der Waals surface area contributed by atoms with Crippen LogP contribution in [0.5, 0.6) is 0 Å². The molecule has 0 radical (unpaired) electrons. The van der Waals surface area contributed by atoms with Gasteiger partial charge in [-0.25, -0.2) is 0 Å². The molecule has 0 aliphatic carbocycles. The van der Waals surface area contributed by atoms with Crippen LogP contribution in [-0.2, 0) is 4.57 Å². The van der Waals surface area contributed by atoms with E-state index in [1.165, 1.54) is 5.56 Å². The molecular formula is C20H19OPSe. The molecule has 3 aromatic rings. The molecule has 0 fully saturated rings. The third kappa shape index (κ3) is 3.21. The van der Waals surface area contributed by atoms with Gasteiger partial charge in [0.05, 0.1) is 0 Å². The van der Waals surface area contributed by atoms with Gasteiger partial charge in [-0.1, -0.05) is 0 Å². The van der Waals surface area contributed by atoms with E-state index in [-0.39, 0.29) is 19.5 Å². The van der Waals surface area contributed by atoms with Crippen molar-refractivity contribution in [1.29, 1.82) is 0 Å². The van der Waals surface area contributed by atoms with Crippen molar-refractivity contribution < 1.29 is 4.57 Å². The molecular weight excluding hydrogens is 366 g/mol. The molecule has 0 bridgehead atoms. The van der Waals surface area contributed by atoms with Crippen LogP contribution in [0, 0.1) is 0 Å². The summed E-state index contributed by atoms with van der Waals surface area (Å²) in [6.07, 6.45) is 0. The molecule has 0 aromatic heterocycles. The van der Waals surface area contributed by atoms with Crippen molar-refractivity contribution in [2.75, 3.05) is 0 Å². The van der Waals surface area contributed by atoms with Gasteiger partial charge in [0.15, 0.2) is 0 Å². The van der Waals surface area contributed by atoms with Crippen molar-refractivity contribution in [1.82, 2.24) is 0 Å². The van der Waals surface area contributed by atoms with Gasteiger partial charge < -0.3 is 0 Å². The first-order valence-corrected chi connectivity index (χ1v) is 12.0. The third-order valence-electron chi connectivity index (χ3n) is 3.92. The van der Waals surface area contributed by atoms with Crippen LogP contribution in [0.2, 0.25) is 5.82 Å². The van der Waals surface area contributed by atoms with E-state index >= 15 is 0 Å². The fourth-order valence-electron chi connectivity index (χ4n) is 2.83. The quantitative estimate of drug-likeness (QED) is 0.469. The molecule has 0 aliphatic rings. The molecule has 0 amide bonds. The number of hydrogen-bond acceptors (Lipinski definition) is 1. The van der Waals surface area contributed by atoms with E-state index in [2.05, 4.69) is 18.0 Å². The van der Waals surface area contributed by atoms with E-state index in [0.717, 1.165) is 10.6 Å². The van der Waals surface area contributed by atoms with E-state index in [9.17, 15) is 4.57 Å². The SMILES string of the molecule is C[Se]C(c1ccccc1)P(=O)(c1ccccc1)c1ccccc1. The Hall–Kier alpha value is -1.59. The zero-order chi connectivity index (χ0) is 16.1. The van der Waals surface area contributed by atoms with Crippen molar-refractivity contribution in [2.45, 2.75) is 10.4 Å². The second kappa shape index (κ2) is 7.32. The monoisotopic (exact) mass is 386 g/mol. The molecule has 0 saturated carbocycles. The first kappa shape index (κ1) is 16.3. The van der Waals surface area contributed by atoms with Crippen molar-refractivity contribution in [3.8, 4) is 0 Å². The van der Waals surface area contributed by atoms with Crippen molar-refractivity contribution in [3.63, 3.8) is 0 Å². The van der Waals surface area contributed by atoms with Gasteiger partial charge in [-0.15, -0.1) is 0 Å². The van der Waals surface area contributed by atoms with E-state index in [4.69, 9.17) is 0 Å². The summed E-state index contributed by atoms with van der Waals surface area (Å²) in [4.78, 5) is 0. The zero-order valence-electron chi connectivity index (χ0n) is 13.0. The molecule has 3 aromatic carbocycles. The van der Waals surface area contributed by atoms with Gasteiger partial charge in [0.1, 0.15) is 0 Å². The fraction of sp³-hybridized carbons (Fsp3) is 0.100. The summed E-state index contributed by atoms with van der Waals surface area (Å²) in [6.45, 7) is 0. The van der Waals surface area contributed by atoms with Crippen molar-refractivity contribution >= 4 is 32.7 Å². The summed E-state index contributed by atoms with van der Waals surface area (Å²) in [6, 6.07) is 30.2. The van der Waals surface area contributed by atoms with Crippen molar-refractivity contribution in [3.05, 3.63) is 96.6 Å². The van der Waals surface area contributed by atoms with E-state index in [1.54, 1.807) is 0 Å². The Labute approximate surface area is 144 Å². The zero-order valence-corrected chi connectivity index (χ0v) is 15.6. The van der Waals surface area contributed by atoms with Crippen LogP contribution in [-0.4, -0.2) is 15.0 Å². The van der Waals surface area contributed by atoms with Gasteiger partial charge in [0, 0.05) is 0 Å². The minimum atomic E-state index is -2.73. The fourth-order valence-corrected chi connectivity index (χ4v) is 10.1.